The van der Waals surface area contributed by atoms with Gasteiger partial charge in [0.05, 0.1) is 0 Å². The molecular weight excluding hydrogens is 336 g/mol. The fourth-order valence-electron chi connectivity index (χ4n) is 2.25. The molecule has 2 aromatic rings. The molecule has 0 aromatic heterocycles. The zero-order valence-corrected chi connectivity index (χ0v) is 14.9. The van der Waals surface area contributed by atoms with Gasteiger partial charge in [-0.3, -0.25) is 9.59 Å². The molecule has 0 bridgehead atoms. The number of aliphatic carboxylic acids is 2. The van der Waals surface area contributed by atoms with Crippen molar-refractivity contribution in [2.45, 2.75) is 26.7 Å². The summed E-state index contributed by atoms with van der Waals surface area (Å²) in [7, 11) is 0. The minimum atomic E-state index is -0.833. The van der Waals surface area contributed by atoms with E-state index in [-0.39, 0.29) is 11.5 Å². The second kappa shape index (κ2) is 11.3. The Bertz CT molecular complexity index is 718. The molecule has 0 amide bonds. The van der Waals surface area contributed by atoms with E-state index >= 15 is 0 Å². The zero-order valence-electron chi connectivity index (χ0n) is 14.9. The van der Waals surface area contributed by atoms with Crippen molar-refractivity contribution in [3.63, 3.8) is 0 Å². The highest BCUT2D eigenvalue weighted by atomic mass is 16.4. The lowest BCUT2D eigenvalue weighted by Crippen LogP contribution is -1.93. The molecule has 0 aliphatic rings. The summed E-state index contributed by atoms with van der Waals surface area (Å²) in [5.41, 5.74) is 1.43. The summed E-state index contributed by atoms with van der Waals surface area (Å²) in [6.07, 6.45) is 4.48. The first kappa shape index (κ1) is 22.7. The number of carboxylic acid groups (broad SMARTS) is 2. The molecule has 0 spiro atoms. The summed E-state index contributed by atoms with van der Waals surface area (Å²) >= 11 is 0. The molecule has 6 nitrogen and oxygen atoms in total. The van der Waals surface area contributed by atoms with Crippen molar-refractivity contribution in [1.29, 1.82) is 0 Å². The second-order valence-electron chi connectivity index (χ2n) is 5.22. The van der Waals surface area contributed by atoms with Gasteiger partial charge in [-0.25, -0.2) is 0 Å². The normalized spacial score (nSPS) is 9.15. The number of phenols is 2. The van der Waals surface area contributed by atoms with Gasteiger partial charge in [0.1, 0.15) is 0 Å². The second-order valence-corrected chi connectivity index (χ2v) is 5.22. The Morgan fingerprint density at radius 1 is 0.846 bits per heavy atom. The van der Waals surface area contributed by atoms with Crippen LogP contribution in [-0.4, -0.2) is 32.4 Å². The number of carboxylic acids is 2. The van der Waals surface area contributed by atoms with E-state index in [1.165, 1.54) is 0 Å². The van der Waals surface area contributed by atoms with Gasteiger partial charge in [-0.1, -0.05) is 36.4 Å². The van der Waals surface area contributed by atoms with Crippen molar-refractivity contribution in [3.8, 4) is 11.5 Å². The van der Waals surface area contributed by atoms with Gasteiger partial charge >= 0.3 is 0 Å². The molecule has 2 rings (SSSR count). The molecular formula is C20H24O6. The lowest BCUT2D eigenvalue weighted by molar-refractivity contribution is -0.135. The van der Waals surface area contributed by atoms with Crippen molar-refractivity contribution in [2.75, 3.05) is 0 Å². The summed E-state index contributed by atoms with van der Waals surface area (Å²) in [6, 6.07) is 7.73. The number of rotatable bonds is 4. The summed E-state index contributed by atoms with van der Waals surface area (Å²) in [5, 5.41) is 36.9. The van der Waals surface area contributed by atoms with Crippen LogP contribution in [0, 0.1) is 0 Å². The summed E-state index contributed by atoms with van der Waals surface area (Å²) in [4.78, 5) is 18.0. The third-order valence-electron chi connectivity index (χ3n) is 3.07. The van der Waals surface area contributed by atoms with E-state index in [9.17, 15) is 10.2 Å². The van der Waals surface area contributed by atoms with Crippen molar-refractivity contribution in [2.24, 2.45) is 0 Å². The fraction of sp³-hybridized carbons (Fsp3) is 0.200. The predicted molar refractivity (Wildman–Crippen MR) is 102 cm³/mol. The van der Waals surface area contributed by atoms with Crippen molar-refractivity contribution >= 4 is 22.7 Å². The van der Waals surface area contributed by atoms with Crippen molar-refractivity contribution < 1.29 is 30.0 Å². The number of aromatic hydroxyl groups is 2. The highest BCUT2D eigenvalue weighted by Gasteiger charge is 2.16. The van der Waals surface area contributed by atoms with Crippen LogP contribution in [0.5, 0.6) is 11.5 Å². The molecule has 0 atom stereocenters. The third-order valence-corrected chi connectivity index (χ3v) is 3.07. The molecule has 0 fully saturated rings. The smallest absolute Gasteiger partial charge is 0.300 e. The fourth-order valence-corrected chi connectivity index (χ4v) is 2.25. The van der Waals surface area contributed by atoms with Crippen LogP contribution in [-0.2, 0) is 22.4 Å². The number of allylic oxidation sites excluding steroid dienone is 2. The first-order valence-electron chi connectivity index (χ1n) is 7.72. The first-order chi connectivity index (χ1) is 12.2. The van der Waals surface area contributed by atoms with Gasteiger partial charge in [0.25, 0.3) is 11.9 Å². The van der Waals surface area contributed by atoms with Crippen LogP contribution in [0.1, 0.15) is 25.0 Å². The number of hydrogen-bond donors (Lipinski definition) is 4. The maximum Gasteiger partial charge on any atom is 0.300 e. The van der Waals surface area contributed by atoms with Gasteiger partial charge in [-0.05, 0) is 23.6 Å². The van der Waals surface area contributed by atoms with E-state index in [1.807, 2.05) is 24.3 Å². The Balaban J connectivity index is 0.000000662. The maximum absolute atomic E-state index is 10.1. The molecule has 0 aliphatic carbocycles. The molecule has 0 saturated carbocycles. The van der Waals surface area contributed by atoms with Gasteiger partial charge in [0.15, 0.2) is 11.5 Å². The summed E-state index contributed by atoms with van der Waals surface area (Å²) < 4.78 is 0. The zero-order chi connectivity index (χ0) is 20.3. The van der Waals surface area contributed by atoms with Crippen LogP contribution in [0.15, 0.2) is 49.6 Å². The number of hydrogen-bond acceptors (Lipinski definition) is 4. The lowest BCUT2D eigenvalue weighted by Gasteiger charge is -2.14. The van der Waals surface area contributed by atoms with Crippen LogP contribution in [0.4, 0.5) is 0 Å². The topological polar surface area (TPSA) is 115 Å². The molecule has 140 valence electrons. The van der Waals surface area contributed by atoms with Gasteiger partial charge in [0.2, 0.25) is 0 Å². The highest BCUT2D eigenvalue weighted by molar-refractivity contribution is 5.93. The molecule has 0 aliphatic heterocycles. The van der Waals surface area contributed by atoms with E-state index < -0.39 is 11.9 Å². The van der Waals surface area contributed by atoms with Gasteiger partial charge in [0, 0.05) is 25.0 Å². The van der Waals surface area contributed by atoms with Crippen LogP contribution in [0.25, 0.3) is 10.8 Å². The molecule has 0 radical (unpaired) electrons. The maximum atomic E-state index is 10.1. The van der Waals surface area contributed by atoms with Gasteiger partial charge < -0.3 is 20.4 Å². The predicted octanol–water partition coefficient (Wildman–Crippen LogP) is 3.89. The van der Waals surface area contributed by atoms with E-state index in [4.69, 9.17) is 19.8 Å². The summed E-state index contributed by atoms with van der Waals surface area (Å²) in [5.74, 6) is -1.77. The van der Waals surface area contributed by atoms with E-state index in [0.717, 1.165) is 24.6 Å². The van der Waals surface area contributed by atoms with Crippen LogP contribution in [0.2, 0.25) is 0 Å². The Labute approximate surface area is 152 Å². The van der Waals surface area contributed by atoms with E-state index in [0.29, 0.717) is 24.0 Å². The molecule has 0 saturated heterocycles. The molecule has 0 heterocycles. The van der Waals surface area contributed by atoms with Crippen molar-refractivity contribution in [3.05, 3.63) is 60.7 Å². The first-order valence-corrected chi connectivity index (χ1v) is 7.72. The van der Waals surface area contributed by atoms with E-state index in [1.54, 1.807) is 12.2 Å². The Morgan fingerprint density at radius 3 is 1.35 bits per heavy atom. The van der Waals surface area contributed by atoms with Gasteiger partial charge in [-0.2, -0.15) is 0 Å². The number of carbonyl (C=O) groups is 2. The third kappa shape index (κ3) is 7.09. The highest BCUT2D eigenvalue weighted by Crippen LogP contribution is 2.40. The van der Waals surface area contributed by atoms with Crippen LogP contribution in [0.3, 0.4) is 0 Å². The Kier molecular flexibility index (Phi) is 9.88. The number of benzene rings is 2. The Hall–Kier alpha value is -3.28. The standard InChI is InChI=1S/C16H16O2.2C2H4O2/c1-3-7-13-11-9-5-6-10-12(11)14(8-4-2)16(18)15(13)17;2*1-2(3)4/h3-6,9-10,17-18H,1-2,7-8H2;2*1H3,(H,3,4). The minimum absolute atomic E-state index is 0.0505. The minimum Gasteiger partial charge on any atom is -0.504 e. The lowest BCUT2D eigenvalue weighted by atomic mass is 9.94. The van der Waals surface area contributed by atoms with Crippen LogP contribution >= 0.6 is 0 Å². The summed E-state index contributed by atoms with van der Waals surface area (Å²) in [6.45, 7) is 9.53. The SMILES string of the molecule is C=CCc1c(O)c(O)c(CC=C)c2ccccc12.CC(=O)O.CC(=O)O. The largest absolute Gasteiger partial charge is 0.504 e. The number of phenolic OH excluding ortho intramolecular Hbond substituents is 2. The monoisotopic (exact) mass is 360 g/mol. The molecule has 26 heavy (non-hydrogen) atoms. The van der Waals surface area contributed by atoms with Crippen LogP contribution < -0.4 is 0 Å². The number of fused-ring (bicyclic) bond motifs is 1. The molecule has 0 unspecified atom stereocenters. The molecule has 6 heteroatoms. The van der Waals surface area contributed by atoms with E-state index in [2.05, 4.69) is 13.2 Å². The van der Waals surface area contributed by atoms with Crippen molar-refractivity contribution in [1.82, 2.24) is 0 Å². The molecule has 4 N–H and O–H groups in total. The molecule has 2 aromatic carbocycles. The quantitative estimate of drug-likeness (QED) is 0.486. The average molecular weight is 360 g/mol. The van der Waals surface area contributed by atoms with Gasteiger partial charge in [-0.15, -0.1) is 13.2 Å². The Morgan fingerprint density at radius 2 is 1.12 bits per heavy atom. The average Bonchev–Trinajstić information content (AvgIpc) is 2.54.